The zero-order chi connectivity index (χ0) is 24.3. The third-order valence-electron chi connectivity index (χ3n) is 7.10. The van der Waals surface area contributed by atoms with Gasteiger partial charge in [0.2, 0.25) is 0 Å². The lowest BCUT2D eigenvalue weighted by molar-refractivity contribution is 0.559. The maximum absolute atomic E-state index is 13.7. The van der Waals surface area contributed by atoms with Crippen LogP contribution in [0.3, 0.4) is 0 Å². The number of nitrogens with two attached hydrogens (primary N) is 1. The van der Waals surface area contributed by atoms with Crippen LogP contribution in [0.25, 0.3) is 33.8 Å². The van der Waals surface area contributed by atoms with Gasteiger partial charge in [0.15, 0.2) is 11.5 Å². The number of nitrogens with zero attached hydrogens (tertiary/aromatic N) is 5. The van der Waals surface area contributed by atoms with Crippen LogP contribution in [0.15, 0.2) is 54.5 Å². The van der Waals surface area contributed by atoms with Crippen LogP contribution in [0.2, 0.25) is 0 Å². The average molecular weight is 469 g/mol. The number of halogens is 1. The second kappa shape index (κ2) is 7.63. The van der Waals surface area contributed by atoms with Crippen molar-refractivity contribution >= 4 is 11.0 Å². The number of nitrogens with one attached hydrogen (secondary N) is 2. The summed E-state index contributed by atoms with van der Waals surface area (Å²) in [5.41, 5.74) is 12.7. The Kier molecular flexibility index (Phi) is 4.64. The molecule has 9 heteroatoms. The van der Waals surface area contributed by atoms with Gasteiger partial charge in [0, 0.05) is 42.0 Å². The van der Waals surface area contributed by atoms with E-state index in [0.717, 1.165) is 50.8 Å². The van der Waals surface area contributed by atoms with Crippen molar-refractivity contribution in [1.82, 2.24) is 34.7 Å². The van der Waals surface area contributed by atoms with Crippen molar-refractivity contribution in [3.8, 4) is 22.8 Å². The first-order chi connectivity index (χ1) is 16.8. The van der Waals surface area contributed by atoms with E-state index in [9.17, 15) is 4.39 Å². The Balaban J connectivity index is 1.50. The number of hydrogen-bond acceptors (Lipinski definition) is 5. The van der Waals surface area contributed by atoms with Crippen molar-refractivity contribution in [1.29, 1.82) is 0 Å². The lowest BCUT2D eigenvalue weighted by Crippen LogP contribution is -2.24. The number of hydrogen-bond donors (Lipinski definition) is 3. The lowest BCUT2D eigenvalue weighted by atomic mass is 9.76. The molecule has 1 aliphatic carbocycles. The number of H-pyrrole nitrogens is 2. The van der Waals surface area contributed by atoms with Gasteiger partial charge in [-0.25, -0.2) is 19.3 Å². The Morgan fingerprint density at radius 2 is 1.94 bits per heavy atom. The number of pyridine rings is 1. The van der Waals surface area contributed by atoms with E-state index >= 15 is 0 Å². The second-order valence-corrected chi connectivity index (χ2v) is 9.35. The largest absolute Gasteiger partial charge is 0.402 e. The number of benzene rings is 1. The molecule has 0 saturated carbocycles. The molecular weight excluding hydrogens is 443 g/mol. The van der Waals surface area contributed by atoms with Crippen molar-refractivity contribution in [3.05, 3.63) is 83.1 Å². The molecule has 176 valence electrons. The van der Waals surface area contributed by atoms with Gasteiger partial charge < -0.3 is 15.3 Å². The molecule has 0 fully saturated rings. The van der Waals surface area contributed by atoms with E-state index in [1.165, 1.54) is 12.1 Å². The number of imidazole rings is 2. The van der Waals surface area contributed by atoms with Crippen LogP contribution < -0.4 is 5.73 Å². The van der Waals surface area contributed by atoms with Crippen LogP contribution in [0, 0.1) is 12.7 Å². The molecule has 0 saturated heterocycles. The summed E-state index contributed by atoms with van der Waals surface area (Å²) < 4.78 is 15.7. The summed E-state index contributed by atoms with van der Waals surface area (Å²) in [6.45, 7) is 4.08. The van der Waals surface area contributed by atoms with Gasteiger partial charge >= 0.3 is 0 Å². The number of fused-ring (bicyclic) bond motifs is 2. The minimum atomic E-state index is -0.468. The van der Waals surface area contributed by atoms with Crippen LogP contribution in [0.1, 0.15) is 36.1 Å². The molecule has 4 N–H and O–H groups in total. The highest BCUT2D eigenvalue weighted by Crippen LogP contribution is 2.40. The highest BCUT2D eigenvalue weighted by molar-refractivity contribution is 5.91. The van der Waals surface area contributed by atoms with Crippen molar-refractivity contribution in [2.24, 2.45) is 12.8 Å². The first-order valence-corrected chi connectivity index (χ1v) is 11.5. The summed E-state index contributed by atoms with van der Waals surface area (Å²) in [6, 6.07) is 8.67. The van der Waals surface area contributed by atoms with Gasteiger partial charge in [-0.15, -0.1) is 0 Å². The van der Waals surface area contributed by atoms with Crippen molar-refractivity contribution in [3.63, 3.8) is 0 Å². The number of aryl methyl sites for hydroxylation is 1. The molecule has 0 bridgehead atoms. The van der Waals surface area contributed by atoms with Crippen LogP contribution in [-0.2, 0) is 18.9 Å². The van der Waals surface area contributed by atoms with Crippen LogP contribution in [0.5, 0.6) is 0 Å². The standard InChI is InChI=1S/C26H25FN8/c1-14-29-13-21(35(14)3)15-10-19-22(33-34-24(19)30-12-15)25-31-20-11-18(28)8-9-26(2,23(20)32-25)16-4-6-17(27)7-5-16/h4-8,10,12-13H,9,11,28H2,1-3H3,(H,31,32)(H,30,33,34). The van der Waals surface area contributed by atoms with Gasteiger partial charge in [0.05, 0.1) is 23.0 Å². The van der Waals surface area contributed by atoms with Crippen LogP contribution >= 0.6 is 0 Å². The van der Waals surface area contributed by atoms with Gasteiger partial charge in [0.25, 0.3) is 0 Å². The first kappa shape index (κ1) is 21.3. The zero-order valence-electron chi connectivity index (χ0n) is 19.7. The van der Waals surface area contributed by atoms with Gasteiger partial charge in [-0.2, -0.15) is 5.10 Å². The quantitative estimate of drug-likeness (QED) is 0.365. The lowest BCUT2D eigenvalue weighted by Gasteiger charge is -2.27. The number of allylic oxidation sites excluding steroid dienone is 2. The normalized spacial score (nSPS) is 17.9. The van der Waals surface area contributed by atoms with E-state index in [1.54, 1.807) is 6.20 Å². The molecular formula is C26H25FN8. The van der Waals surface area contributed by atoms with E-state index in [2.05, 4.69) is 38.1 Å². The molecule has 35 heavy (non-hydrogen) atoms. The van der Waals surface area contributed by atoms with E-state index < -0.39 is 5.41 Å². The van der Waals surface area contributed by atoms with E-state index in [-0.39, 0.29) is 5.82 Å². The Morgan fingerprint density at radius 1 is 1.14 bits per heavy atom. The fourth-order valence-electron chi connectivity index (χ4n) is 4.88. The third-order valence-corrected chi connectivity index (χ3v) is 7.10. The van der Waals surface area contributed by atoms with Crippen LogP contribution in [0.4, 0.5) is 4.39 Å². The monoisotopic (exact) mass is 468 g/mol. The molecule has 0 radical (unpaired) electrons. The fourth-order valence-corrected chi connectivity index (χ4v) is 4.88. The Bertz CT molecular complexity index is 1600. The van der Waals surface area contributed by atoms with Crippen molar-refractivity contribution in [2.75, 3.05) is 0 Å². The number of aromatic amines is 2. The molecule has 4 aromatic heterocycles. The Morgan fingerprint density at radius 3 is 2.69 bits per heavy atom. The van der Waals surface area contributed by atoms with E-state index in [1.807, 2.05) is 42.9 Å². The van der Waals surface area contributed by atoms with E-state index in [4.69, 9.17) is 10.7 Å². The summed E-state index contributed by atoms with van der Waals surface area (Å²) in [6.07, 6.45) is 6.91. The highest BCUT2D eigenvalue weighted by Gasteiger charge is 2.36. The zero-order valence-corrected chi connectivity index (χ0v) is 19.7. The second-order valence-electron chi connectivity index (χ2n) is 9.35. The summed E-state index contributed by atoms with van der Waals surface area (Å²) in [5.74, 6) is 1.33. The Labute approximate surface area is 201 Å². The molecule has 5 aromatic rings. The maximum atomic E-state index is 13.7. The summed E-state index contributed by atoms with van der Waals surface area (Å²) >= 11 is 0. The van der Waals surface area contributed by atoms with E-state index in [0.29, 0.717) is 24.3 Å². The van der Waals surface area contributed by atoms with Crippen molar-refractivity contribution in [2.45, 2.75) is 32.1 Å². The molecule has 1 atom stereocenters. The summed E-state index contributed by atoms with van der Waals surface area (Å²) in [4.78, 5) is 17.5. The van der Waals surface area contributed by atoms with Gasteiger partial charge in [0.1, 0.15) is 17.3 Å². The third kappa shape index (κ3) is 3.34. The van der Waals surface area contributed by atoms with Gasteiger partial charge in [-0.1, -0.05) is 18.2 Å². The molecule has 4 heterocycles. The average Bonchev–Trinajstić information content (AvgIpc) is 3.53. The molecule has 0 amide bonds. The molecule has 0 spiro atoms. The molecule has 1 aliphatic rings. The Hall–Kier alpha value is -4.27. The predicted molar refractivity (Wildman–Crippen MR) is 132 cm³/mol. The maximum Gasteiger partial charge on any atom is 0.181 e. The van der Waals surface area contributed by atoms with Crippen LogP contribution in [-0.4, -0.2) is 34.7 Å². The number of rotatable bonds is 3. The topological polar surface area (TPSA) is 114 Å². The predicted octanol–water partition coefficient (Wildman–Crippen LogP) is 4.29. The minimum absolute atomic E-state index is 0.264. The fraction of sp³-hybridized carbons (Fsp3) is 0.231. The molecule has 6 rings (SSSR count). The van der Waals surface area contributed by atoms with Gasteiger partial charge in [-0.3, -0.25) is 5.10 Å². The molecule has 8 nitrogen and oxygen atoms in total. The van der Waals surface area contributed by atoms with Crippen molar-refractivity contribution < 1.29 is 4.39 Å². The summed E-state index contributed by atoms with van der Waals surface area (Å²) in [7, 11) is 1.98. The smallest absolute Gasteiger partial charge is 0.181 e. The number of aromatic nitrogens is 7. The molecule has 0 aliphatic heterocycles. The molecule has 1 aromatic carbocycles. The highest BCUT2D eigenvalue weighted by atomic mass is 19.1. The SMILES string of the molecule is Cc1ncc(-c2cnc3n[nH]c(-c4nc5c([nH]4)CC(N)=CCC5(C)c4ccc(F)cc4)c3c2)n1C. The van der Waals surface area contributed by atoms with Gasteiger partial charge in [-0.05, 0) is 44.0 Å². The summed E-state index contributed by atoms with van der Waals surface area (Å²) in [5, 5.41) is 8.38. The minimum Gasteiger partial charge on any atom is -0.402 e. The molecule has 1 unspecified atom stereocenters. The first-order valence-electron chi connectivity index (χ1n) is 11.5.